The second-order valence-electron chi connectivity index (χ2n) is 4.44. The Labute approximate surface area is 107 Å². The summed E-state index contributed by atoms with van der Waals surface area (Å²) in [6, 6.07) is 6.03. The third kappa shape index (κ3) is 3.05. The lowest BCUT2D eigenvalue weighted by molar-refractivity contribution is 0.0537. The third-order valence-corrected chi connectivity index (χ3v) is 3.38. The van der Waals surface area contributed by atoms with Crippen LogP contribution >= 0.6 is 11.6 Å². The van der Waals surface area contributed by atoms with E-state index in [1.165, 1.54) is 0 Å². The fourth-order valence-corrected chi connectivity index (χ4v) is 2.26. The van der Waals surface area contributed by atoms with Gasteiger partial charge in [0.25, 0.3) is 0 Å². The summed E-state index contributed by atoms with van der Waals surface area (Å²) in [4.78, 5) is 0. The van der Waals surface area contributed by atoms with Gasteiger partial charge in [0.05, 0.1) is 19.4 Å². The van der Waals surface area contributed by atoms with Gasteiger partial charge in [-0.05, 0) is 30.5 Å². The zero-order valence-electron chi connectivity index (χ0n) is 10.2. The van der Waals surface area contributed by atoms with Crippen molar-refractivity contribution in [2.24, 2.45) is 5.92 Å². The normalized spacial score (nSPS) is 24.4. The lowest BCUT2D eigenvalue weighted by Gasteiger charge is -2.30. The van der Waals surface area contributed by atoms with Crippen LogP contribution in [-0.2, 0) is 4.74 Å². The first-order valence-electron chi connectivity index (χ1n) is 5.88. The fourth-order valence-electron chi connectivity index (χ4n) is 2.09. The number of benzene rings is 1. The summed E-state index contributed by atoms with van der Waals surface area (Å²) in [5.41, 5.74) is 0.957. The predicted molar refractivity (Wildman–Crippen MR) is 70.0 cm³/mol. The van der Waals surface area contributed by atoms with Crippen molar-refractivity contribution in [3.63, 3.8) is 0 Å². The van der Waals surface area contributed by atoms with Crippen LogP contribution in [0, 0.1) is 5.92 Å². The average molecular weight is 256 g/mol. The van der Waals surface area contributed by atoms with Crippen LogP contribution in [0.25, 0.3) is 0 Å². The van der Waals surface area contributed by atoms with Gasteiger partial charge < -0.3 is 14.8 Å². The summed E-state index contributed by atoms with van der Waals surface area (Å²) >= 11 is 6.01. The van der Waals surface area contributed by atoms with Crippen molar-refractivity contribution in [3.05, 3.63) is 23.2 Å². The van der Waals surface area contributed by atoms with Crippen molar-refractivity contribution in [2.45, 2.75) is 19.4 Å². The van der Waals surface area contributed by atoms with Gasteiger partial charge in [-0.3, -0.25) is 0 Å². The van der Waals surface area contributed by atoms with Crippen molar-refractivity contribution in [3.8, 4) is 5.75 Å². The maximum Gasteiger partial charge on any atom is 0.142 e. The Balaban J connectivity index is 2.13. The maximum absolute atomic E-state index is 6.01. The highest BCUT2D eigenvalue weighted by atomic mass is 35.5. The molecule has 1 saturated heterocycles. The minimum absolute atomic E-state index is 0.413. The minimum atomic E-state index is 0.413. The zero-order chi connectivity index (χ0) is 12.3. The first-order chi connectivity index (χ1) is 8.20. The molecule has 1 heterocycles. The first-order valence-corrected chi connectivity index (χ1v) is 6.26. The lowest BCUT2D eigenvalue weighted by Crippen LogP contribution is -2.36. The van der Waals surface area contributed by atoms with Gasteiger partial charge in [-0.25, -0.2) is 0 Å². The van der Waals surface area contributed by atoms with E-state index in [0.29, 0.717) is 17.0 Å². The summed E-state index contributed by atoms with van der Waals surface area (Å²) < 4.78 is 10.8. The lowest BCUT2D eigenvalue weighted by atomic mass is 9.97. The number of rotatable bonds is 3. The van der Waals surface area contributed by atoms with Crippen LogP contribution in [0.4, 0.5) is 5.69 Å². The molecule has 94 valence electrons. The molecule has 0 spiro atoms. The van der Waals surface area contributed by atoms with Crippen molar-refractivity contribution in [2.75, 3.05) is 25.6 Å². The fraction of sp³-hybridized carbons (Fsp3) is 0.538. The highest BCUT2D eigenvalue weighted by Gasteiger charge is 2.22. The van der Waals surface area contributed by atoms with Gasteiger partial charge in [0.1, 0.15) is 5.75 Å². The molecule has 0 aromatic heterocycles. The van der Waals surface area contributed by atoms with Crippen LogP contribution in [0.2, 0.25) is 5.02 Å². The van der Waals surface area contributed by atoms with Gasteiger partial charge in [-0.1, -0.05) is 18.5 Å². The number of hydrogen-bond donors (Lipinski definition) is 1. The molecule has 17 heavy (non-hydrogen) atoms. The van der Waals surface area contributed by atoms with Crippen LogP contribution < -0.4 is 10.1 Å². The third-order valence-electron chi connectivity index (χ3n) is 3.14. The summed E-state index contributed by atoms with van der Waals surface area (Å²) in [5.74, 6) is 1.32. The second-order valence-corrected chi connectivity index (χ2v) is 4.87. The van der Waals surface area contributed by atoms with Crippen LogP contribution in [0.3, 0.4) is 0 Å². The molecule has 0 amide bonds. The van der Waals surface area contributed by atoms with E-state index in [1.807, 2.05) is 18.2 Å². The van der Waals surface area contributed by atoms with Gasteiger partial charge in [0.15, 0.2) is 0 Å². The monoisotopic (exact) mass is 255 g/mol. The standard InChI is InChI=1S/C13H18ClNO2/c1-9-8-17-6-5-11(9)15-12-7-10(14)3-4-13(12)16-2/h3-4,7,9,11,15H,5-6,8H2,1-2H3. The van der Waals surface area contributed by atoms with Crippen LogP contribution in [-0.4, -0.2) is 26.4 Å². The SMILES string of the molecule is COc1ccc(Cl)cc1NC1CCOCC1C. The Morgan fingerprint density at radius 2 is 2.29 bits per heavy atom. The van der Waals surface area contributed by atoms with E-state index in [-0.39, 0.29) is 0 Å². The number of halogens is 1. The quantitative estimate of drug-likeness (QED) is 0.900. The molecule has 1 fully saturated rings. The molecule has 2 unspecified atom stereocenters. The largest absolute Gasteiger partial charge is 0.495 e. The van der Waals surface area contributed by atoms with E-state index in [2.05, 4.69) is 12.2 Å². The van der Waals surface area contributed by atoms with E-state index in [9.17, 15) is 0 Å². The molecule has 1 aliphatic rings. The molecular formula is C13H18ClNO2. The van der Waals surface area contributed by atoms with E-state index in [1.54, 1.807) is 7.11 Å². The smallest absolute Gasteiger partial charge is 0.142 e. The number of anilines is 1. The topological polar surface area (TPSA) is 30.5 Å². The highest BCUT2D eigenvalue weighted by Crippen LogP contribution is 2.30. The summed E-state index contributed by atoms with van der Waals surface area (Å²) in [6.07, 6.45) is 1.01. The van der Waals surface area contributed by atoms with Gasteiger partial charge >= 0.3 is 0 Å². The molecule has 2 atom stereocenters. The molecule has 1 aliphatic heterocycles. The number of hydrogen-bond acceptors (Lipinski definition) is 3. The number of nitrogens with one attached hydrogen (secondary N) is 1. The Bertz CT molecular complexity index is 384. The second kappa shape index (κ2) is 5.61. The molecule has 1 N–H and O–H groups in total. The van der Waals surface area contributed by atoms with Crippen LogP contribution in [0.1, 0.15) is 13.3 Å². The van der Waals surface area contributed by atoms with Crippen molar-refractivity contribution in [1.82, 2.24) is 0 Å². The summed E-state index contributed by atoms with van der Waals surface area (Å²) in [5, 5.41) is 4.22. The highest BCUT2D eigenvalue weighted by molar-refractivity contribution is 6.30. The molecule has 1 aromatic rings. The van der Waals surface area contributed by atoms with Gasteiger partial charge in [0.2, 0.25) is 0 Å². The Morgan fingerprint density at radius 1 is 1.47 bits per heavy atom. The molecule has 0 radical (unpaired) electrons. The first kappa shape index (κ1) is 12.5. The molecule has 0 aliphatic carbocycles. The van der Waals surface area contributed by atoms with Crippen LogP contribution in [0.5, 0.6) is 5.75 Å². The Kier molecular flexibility index (Phi) is 4.13. The van der Waals surface area contributed by atoms with E-state index in [4.69, 9.17) is 21.1 Å². The zero-order valence-corrected chi connectivity index (χ0v) is 11.0. The van der Waals surface area contributed by atoms with Gasteiger partial charge in [0, 0.05) is 17.7 Å². The number of ether oxygens (including phenoxy) is 2. The molecule has 3 nitrogen and oxygen atoms in total. The summed E-state index contributed by atoms with van der Waals surface area (Å²) in [7, 11) is 1.67. The Morgan fingerprint density at radius 3 is 3.00 bits per heavy atom. The predicted octanol–water partition coefficient (Wildman–Crippen LogP) is 3.19. The molecular weight excluding hydrogens is 238 g/mol. The maximum atomic E-state index is 6.01. The molecule has 4 heteroatoms. The molecule has 0 saturated carbocycles. The average Bonchev–Trinajstić information content (AvgIpc) is 2.32. The minimum Gasteiger partial charge on any atom is -0.495 e. The van der Waals surface area contributed by atoms with Crippen molar-refractivity contribution in [1.29, 1.82) is 0 Å². The number of methoxy groups -OCH3 is 1. The molecule has 1 aromatic carbocycles. The molecule has 0 bridgehead atoms. The van der Waals surface area contributed by atoms with Gasteiger partial charge in [-0.2, -0.15) is 0 Å². The van der Waals surface area contributed by atoms with E-state index < -0.39 is 0 Å². The van der Waals surface area contributed by atoms with Crippen LogP contribution in [0.15, 0.2) is 18.2 Å². The van der Waals surface area contributed by atoms with Crippen molar-refractivity contribution < 1.29 is 9.47 Å². The van der Waals surface area contributed by atoms with E-state index in [0.717, 1.165) is 31.1 Å². The molecule has 2 rings (SSSR count). The Hall–Kier alpha value is -0.930. The van der Waals surface area contributed by atoms with E-state index >= 15 is 0 Å². The van der Waals surface area contributed by atoms with Gasteiger partial charge in [-0.15, -0.1) is 0 Å². The van der Waals surface area contributed by atoms with Crippen molar-refractivity contribution >= 4 is 17.3 Å². The summed E-state index contributed by atoms with van der Waals surface area (Å²) in [6.45, 7) is 3.80.